The molecule has 156 valence electrons. The van der Waals surface area contributed by atoms with Crippen LogP contribution in [0.15, 0.2) is 66.9 Å². The summed E-state index contributed by atoms with van der Waals surface area (Å²) in [5.41, 5.74) is 5.75. The molecule has 31 heavy (non-hydrogen) atoms. The second-order valence-corrected chi connectivity index (χ2v) is 7.86. The van der Waals surface area contributed by atoms with Crippen molar-refractivity contribution in [1.29, 1.82) is 0 Å². The molecule has 0 aliphatic heterocycles. The number of para-hydroxylation sites is 1. The zero-order valence-electron chi connectivity index (χ0n) is 17.5. The number of carbonyl (C=O) groups is 1. The van der Waals surface area contributed by atoms with Gasteiger partial charge in [-0.15, -0.1) is 0 Å². The summed E-state index contributed by atoms with van der Waals surface area (Å²) in [5.74, 6) is 0.617. The average Bonchev–Trinajstić information content (AvgIpc) is 3.55. The van der Waals surface area contributed by atoms with Crippen molar-refractivity contribution in [2.24, 2.45) is 0 Å². The Labute approximate surface area is 181 Å². The van der Waals surface area contributed by atoms with Crippen LogP contribution in [0.4, 0.5) is 0 Å². The highest BCUT2D eigenvalue weighted by molar-refractivity contribution is 5.94. The molecule has 6 heteroatoms. The molecule has 1 aliphatic rings. The minimum Gasteiger partial charge on any atom is -0.341 e. The summed E-state index contributed by atoms with van der Waals surface area (Å²) in [6.45, 7) is 2.04. The van der Waals surface area contributed by atoms with Gasteiger partial charge in [0.1, 0.15) is 5.82 Å². The van der Waals surface area contributed by atoms with E-state index in [2.05, 4.69) is 15.3 Å². The molecule has 0 fully saturated rings. The number of imidazole rings is 1. The number of benzene rings is 2. The molecule has 5 rings (SSSR count). The Bertz CT molecular complexity index is 1190. The van der Waals surface area contributed by atoms with Crippen LogP contribution in [0.5, 0.6) is 0 Å². The fourth-order valence-corrected chi connectivity index (χ4v) is 4.27. The first-order valence-corrected chi connectivity index (χ1v) is 10.8. The maximum atomic E-state index is 13.2. The monoisotopic (exact) mass is 411 g/mol. The third kappa shape index (κ3) is 3.65. The molecular weight excluding hydrogens is 386 g/mol. The van der Waals surface area contributed by atoms with Gasteiger partial charge in [-0.3, -0.25) is 4.79 Å². The number of fused-ring (bicyclic) bond motifs is 1. The van der Waals surface area contributed by atoms with Crippen molar-refractivity contribution < 1.29 is 4.79 Å². The second kappa shape index (κ2) is 8.22. The highest BCUT2D eigenvalue weighted by Gasteiger charge is 2.28. The number of carbonyl (C=O) groups excluding carboxylic acids is 1. The fraction of sp³-hybridized carbons (Fsp3) is 0.240. The molecule has 1 unspecified atom stereocenters. The van der Waals surface area contributed by atoms with E-state index < -0.39 is 0 Å². The molecule has 4 aromatic rings. The number of H-pyrrole nitrogens is 1. The van der Waals surface area contributed by atoms with Crippen molar-refractivity contribution in [2.45, 2.75) is 38.6 Å². The van der Waals surface area contributed by atoms with Gasteiger partial charge in [-0.25, -0.2) is 9.67 Å². The number of hydrogen-bond acceptors (Lipinski definition) is 3. The van der Waals surface area contributed by atoms with Crippen LogP contribution in [0.2, 0.25) is 0 Å². The molecule has 6 nitrogen and oxygen atoms in total. The molecule has 0 saturated carbocycles. The topological polar surface area (TPSA) is 75.6 Å². The Kier molecular flexibility index (Phi) is 5.12. The van der Waals surface area contributed by atoms with Crippen LogP contribution >= 0.6 is 0 Å². The maximum Gasteiger partial charge on any atom is 0.272 e. The lowest BCUT2D eigenvalue weighted by Gasteiger charge is -2.14. The molecule has 0 saturated heterocycles. The van der Waals surface area contributed by atoms with E-state index in [1.165, 1.54) is 0 Å². The molecular formula is C25H25N5O. The minimum absolute atomic E-state index is 0.141. The lowest BCUT2D eigenvalue weighted by atomic mass is 10.1. The van der Waals surface area contributed by atoms with E-state index >= 15 is 0 Å². The average molecular weight is 412 g/mol. The highest BCUT2D eigenvalue weighted by atomic mass is 16.2. The number of aromatic amines is 1. The van der Waals surface area contributed by atoms with Crippen molar-refractivity contribution in [3.05, 3.63) is 89.6 Å². The van der Waals surface area contributed by atoms with Crippen molar-refractivity contribution in [2.75, 3.05) is 0 Å². The van der Waals surface area contributed by atoms with Gasteiger partial charge in [0.25, 0.3) is 5.91 Å². The third-order valence-corrected chi connectivity index (χ3v) is 5.87. The quantitative estimate of drug-likeness (QED) is 0.486. The number of nitrogens with zero attached hydrogens (tertiary/aromatic N) is 3. The Morgan fingerprint density at radius 3 is 2.58 bits per heavy atom. The maximum absolute atomic E-state index is 13.2. The molecule has 0 bridgehead atoms. The van der Waals surface area contributed by atoms with Crippen molar-refractivity contribution in [3.8, 4) is 16.9 Å². The summed E-state index contributed by atoms with van der Waals surface area (Å²) >= 11 is 0. The molecule has 2 N–H and O–H groups in total. The predicted molar refractivity (Wildman–Crippen MR) is 120 cm³/mol. The number of amides is 1. The smallest absolute Gasteiger partial charge is 0.272 e. The molecule has 1 atom stereocenters. The standard InChI is InChI=1S/C25H25N5O/c1-2-20(24-26-16-21(27-24)17-10-5-3-6-11-17)28-25(31)23-19-14-9-15-22(19)30(29-23)18-12-7-4-8-13-18/h3-8,10-13,16,20H,2,9,14-15H2,1H3,(H,26,27)(H,28,31). The first-order valence-electron chi connectivity index (χ1n) is 10.8. The summed E-state index contributed by atoms with van der Waals surface area (Å²) in [4.78, 5) is 21.1. The zero-order chi connectivity index (χ0) is 21.2. The molecule has 2 aromatic heterocycles. The lowest BCUT2D eigenvalue weighted by molar-refractivity contribution is 0.0927. The number of hydrogen-bond donors (Lipinski definition) is 2. The van der Waals surface area contributed by atoms with Gasteiger partial charge in [0, 0.05) is 11.3 Å². The van der Waals surface area contributed by atoms with E-state index in [0.717, 1.165) is 59.7 Å². The summed E-state index contributed by atoms with van der Waals surface area (Å²) < 4.78 is 1.93. The second-order valence-electron chi connectivity index (χ2n) is 7.86. The summed E-state index contributed by atoms with van der Waals surface area (Å²) in [5, 5.41) is 7.86. The van der Waals surface area contributed by atoms with Crippen LogP contribution in [0.25, 0.3) is 16.9 Å². The van der Waals surface area contributed by atoms with E-state index in [1.807, 2.05) is 78.5 Å². The van der Waals surface area contributed by atoms with Gasteiger partial charge in [-0.2, -0.15) is 5.10 Å². The Morgan fingerprint density at radius 1 is 1.10 bits per heavy atom. The van der Waals surface area contributed by atoms with E-state index in [0.29, 0.717) is 5.69 Å². The summed E-state index contributed by atoms with van der Waals surface area (Å²) in [6, 6.07) is 19.9. The number of nitrogens with one attached hydrogen (secondary N) is 2. The molecule has 0 radical (unpaired) electrons. The Balaban J connectivity index is 1.40. The van der Waals surface area contributed by atoms with Crippen LogP contribution in [-0.2, 0) is 12.8 Å². The van der Waals surface area contributed by atoms with E-state index in [4.69, 9.17) is 5.10 Å². The van der Waals surface area contributed by atoms with E-state index in [1.54, 1.807) is 0 Å². The van der Waals surface area contributed by atoms with Gasteiger partial charge in [0.2, 0.25) is 0 Å². The van der Waals surface area contributed by atoms with Crippen LogP contribution in [0, 0.1) is 0 Å². The van der Waals surface area contributed by atoms with E-state index in [-0.39, 0.29) is 11.9 Å². The zero-order valence-corrected chi connectivity index (χ0v) is 17.5. The van der Waals surface area contributed by atoms with Gasteiger partial charge in [0.15, 0.2) is 5.69 Å². The Hall–Kier alpha value is -3.67. The van der Waals surface area contributed by atoms with E-state index in [9.17, 15) is 4.79 Å². The lowest BCUT2D eigenvalue weighted by Crippen LogP contribution is -2.30. The Morgan fingerprint density at radius 2 is 1.84 bits per heavy atom. The fourth-order valence-electron chi connectivity index (χ4n) is 4.27. The molecule has 2 aromatic carbocycles. The minimum atomic E-state index is -0.205. The molecule has 1 aliphatic carbocycles. The van der Waals surface area contributed by atoms with Gasteiger partial charge < -0.3 is 10.3 Å². The number of aromatic nitrogens is 4. The first-order chi connectivity index (χ1) is 15.2. The van der Waals surface area contributed by atoms with Crippen LogP contribution in [0.3, 0.4) is 0 Å². The van der Waals surface area contributed by atoms with Gasteiger partial charge in [0.05, 0.1) is 23.6 Å². The van der Waals surface area contributed by atoms with Crippen LogP contribution < -0.4 is 5.32 Å². The van der Waals surface area contributed by atoms with Crippen molar-refractivity contribution in [1.82, 2.24) is 25.1 Å². The molecule has 0 spiro atoms. The largest absolute Gasteiger partial charge is 0.341 e. The normalized spacial score (nSPS) is 13.7. The first kappa shape index (κ1) is 19.3. The summed E-state index contributed by atoms with van der Waals surface area (Å²) in [6.07, 6.45) is 5.44. The van der Waals surface area contributed by atoms with Crippen molar-refractivity contribution >= 4 is 5.91 Å². The SMILES string of the molecule is CCC(NC(=O)c1nn(-c2ccccc2)c2c1CCC2)c1ncc(-c2ccccc2)[nH]1. The predicted octanol–water partition coefficient (Wildman–Crippen LogP) is 4.63. The van der Waals surface area contributed by atoms with Crippen LogP contribution in [-0.4, -0.2) is 25.7 Å². The van der Waals surface area contributed by atoms with Gasteiger partial charge in [-0.05, 0) is 43.4 Å². The highest BCUT2D eigenvalue weighted by Crippen LogP contribution is 2.28. The molecule has 1 amide bonds. The molecule has 2 heterocycles. The van der Waals surface area contributed by atoms with Crippen molar-refractivity contribution in [3.63, 3.8) is 0 Å². The van der Waals surface area contributed by atoms with Gasteiger partial charge in [-0.1, -0.05) is 55.5 Å². The van der Waals surface area contributed by atoms with Gasteiger partial charge >= 0.3 is 0 Å². The third-order valence-electron chi connectivity index (χ3n) is 5.87. The summed E-state index contributed by atoms with van der Waals surface area (Å²) in [7, 11) is 0. The van der Waals surface area contributed by atoms with Crippen LogP contribution in [0.1, 0.15) is 53.4 Å². The number of rotatable bonds is 6.